The van der Waals surface area contributed by atoms with Crippen molar-refractivity contribution < 1.29 is 0 Å². The third kappa shape index (κ3) is 3.65. The quantitative estimate of drug-likeness (QED) is 0.851. The molecule has 17 heavy (non-hydrogen) atoms. The summed E-state index contributed by atoms with van der Waals surface area (Å²) in [6.07, 6.45) is 1.79. The van der Waals surface area contributed by atoms with Gasteiger partial charge in [-0.1, -0.05) is 23.1 Å². The normalized spacial score (nSPS) is 10.5. The summed E-state index contributed by atoms with van der Waals surface area (Å²) in [6.45, 7) is 2.91. The van der Waals surface area contributed by atoms with Crippen molar-refractivity contribution >= 4 is 44.2 Å². The molecule has 2 aromatic rings. The molecule has 2 aromatic heterocycles. The summed E-state index contributed by atoms with van der Waals surface area (Å²) in [4.78, 5) is 4.29. The van der Waals surface area contributed by atoms with Gasteiger partial charge in [0, 0.05) is 17.2 Å². The van der Waals surface area contributed by atoms with Crippen molar-refractivity contribution in [3.63, 3.8) is 0 Å². The molecule has 0 saturated heterocycles. The summed E-state index contributed by atoms with van der Waals surface area (Å²) in [6, 6.07) is 3.89. The van der Waals surface area contributed by atoms with Crippen molar-refractivity contribution in [2.75, 3.05) is 11.9 Å². The monoisotopic (exact) mass is 330 g/mol. The lowest BCUT2D eigenvalue weighted by Crippen LogP contribution is -1.94. The number of rotatable bonds is 5. The molecule has 1 N–H and O–H groups in total. The molecule has 0 radical (unpaired) electrons. The minimum absolute atomic E-state index is 0.790. The third-order valence-corrected chi connectivity index (χ3v) is 4.83. The molecule has 0 amide bonds. The topological polar surface area (TPSA) is 50.7 Å². The Labute approximate surface area is 116 Å². The highest BCUT2D eigenvalue weighted by atomic mass is 79.9. The molecule has 0 aromatic carbocycles. The van der Waals surface area contributed by atoms with E-state index in [4.69, 9.17) is 0 Å². The van der Waals surface area contributed by atoms with Crippen LogP contribution in [0, 0.1) is 0 Å². The zero-order valence-corrected chi connectivity index (χ0v) is 12.4. The molecule has 2 heterocycles. The van der Waals surface area contributed by atoms with Gasteiger partial charge in [0.2, 0.25) is 5.13 Å². The zero-order chi connectivity index (χ0) is 12.1. The highest BCUT2D eigenvalue weighted by molar-refractivity contribution is 9.10. The fourth-order valence-electron chi connectivity index (χ4n) is 1.14. The van der Waals surface area contributed by atoms with Crippen molar-refractivity contribution in [2.24, 2.45) is 0 Å². The molecule has 0 fully saturated rings. The van der Waals surface area contributed by atoms with Crippen LogP contribution in [0.4, 0.5) is 5.13 Å². The van der Waals surface area contributed by atoms with Gasteiger partial charge in [0.15, 0.2) is 0 Å². The molecule has 4 nitrogen and oxygen atoms in total. The maximum atomic E-state index is 4.29. The molecule has 0 unspecified atom stereocenters. The molecule has 0 aliphatic rings. The first-order valence-electron chi connectivity index (χ1n) is 5.09. The highest BCUT2D eigenvalue weighted by Gasteiger charge is 2.06. The van der Waals surface area contributed by atoms with Gasteiger partial charge in [-0.25, -0.2) is 4.98 Å². The van der Waals surface area contributed by atoms with E-state index >= 15 is 0 Å². The number of hydrogen-bond acceptors (Lipinski definition) is 6. The lowest BCUT2D eigenvalue weighted by atomic mass is 10.5. The predicted molar refractivity (Wildman–Crippen MR) is 75.6 cm³/mol. The van der Waals surface area contributed by atoms with Gasteiger partial charge in [0.25, 0.3) is 0 Å². The number of aromatic nitrogens is 3. The van der Waals surface area contributed by atoms with Crippen LogP contribution in [0.5, 0.6) is 0 Å². The molecule has 0 bridgehead atoms. The van der Waals surface area contributed by atoms with Crippen LogP contribution >= 0.6 is 39.0 Å². The average Bonchev–Trinajstić information content (AvgIpc) is 2.76. The van der Waals surface area contributed by atoms with Gasteiger partial charge in [-0.3, -0.25) is 0 Å². The molecule has 0 aliphatic heterocycles. The van der Waals surface area contributed by atoms with Gasteiger partial charge in [-0.15, -0.1) is 10.2 Å². The van der Waals surface area contributed by atoms with E-state index in [-0.39, 0.29) is 0 Å². The standard InChI is InChI=1S/C10H11BrN4S2/c1-2-12-10-15-14-8(17-10)6-16-9-7(11)4-3-5-13-9/h3-5H,2,6H2,1H3,(H,12,15). The lowest BCUT2D eigenvalue weighted by Gasteiger charge is -1.99. The first-order valence-corrected chi connectivity index (χ1v) is 7.68. The summed E-state index contributed by atoms with van der Waals surface area (Å²) < 4.78 is 1.02. The van der Waals surface area contributed by atoms with Gasteiger partial charge in [0.05, 0.1) is 5.75 Å². The maximum Gasteiger partial charge on any atom is 0.205 e. The molecule has 0 atom stereocenters. The second kappa shape index (κ2) is 6.32. The van der Waals surface area contributed by atoms with Crippen molar-refractivity contribution in [3.05, 3.63) is 27.8 Å². The van der Waals surface area contributed by atoms with Gasteiger partial charge in [-0.05, 0) is 35.0 Å². The van der Waals surface area contributed by atoms with E-state index in [2.05, 4.69) is 36.4 Å². The van der Waals surface area contributed by atoms with E-state index in [1.807, 2.05) is 19.1 Å². The molecule has 0 aliphatic carbocycles. The molecule has 0 saturated carbocycles. The average molecular weight is 331 g/mol. The lowest BCUT2D eigenvalue weighted by molar-refractivity contribution is 1.02. The van der Waals surface area contributed by atoms with Crippen molar-refractivity contribution in [1.82, 2.24) is 15.2 Å². The molecule has 7 heteroatoms. The van der Waals surface area contributed by atoms with Crippen molar-refractivity contribution in [3.8, 4) is 0 Å². The maximum absolute atomic E-state index is 4.29. The van der Waals surface area contributed by atoms with Crippen LogP contribution in [0.25, 0.3) is 0 Å². The minimum atomic E-state index is 0.790. The van der Waals surface area contributed by atoms with E-state index in [0.29, 0.717) is 0 Å². The highest BCUT2D eigenvalue weighted by Crippen LogP contribution is 2.29. The number of nitrogens with one attached hydrogen (secondary N) is 1. The van der Waals surface area contributed by atoms with Gasteiger partial charge >= 0.3 is 0 Å². The Hall–Kier alpha value is -0.660. The van der Waals surface area contributed by atoms with Gasteiger partial charge < -0.3 is 5.32 Å². The van der Waals surface area contributed by atoms with E-state index in [1.165, 1.54) is 0 Å². The molecular weight excluding hydrogens is 320 g/mol. The summed E-state index contributed by atoms with van der Waals surface area (Å²) in [5, 5.41) is 14.2. The fraction of sp³-hybridized carbons (Fsp3) is 0.300. The Kier molecular flexibility index (Phi) is 4.75. The van der Waals surface area contributed by atoms with E-state index in [1.54, 1.807) is 29.3 Å². The number of anilines is 1. The predicted octanol–water partition coefficient (Wildman–Crippen LogP) is 3.42. The number of nitrogens with zero attached hydrogens (tertiary/aromatic N) is 3. The second-order valence-corrected chi connectivity index (χ2v) is 5.99. The number of pyridine rings is 1. The van der Waals surface area contributed by atoms with E-state index < -0.39 is 0 Å². The summed E-state index contributed by atoms with van der Waals surface area (Å²) >= 11 is 6.71. The number of halogens is 1. The summed E-state index contributed by atoms with van der Waals surface area (Å²) in [5.41, 5.74) is 0. The van der Waals surface area contributed by atoms with E-state index in [0.717, 1.165) is 31.9 Å². The first kappa shape index (κ1) is 12.8. The molecular formula is C10H11BrN4S2. The van der Waals surface area contributed by atoms with Crippen LogP contribution in [0.15, 0.2) is 27.8 Å². The fourth-order valence-corrected chi connectivity index (χ4v) is 3.42. The SMILES string of the molecule is CCNc1nnc(CSc2ncccc2Br)s1. The van der Waals surface area contributed by atoms with Crippen molar-refractivity contribution in [2.45, 2.75) is 17.7 Å². The minimum Gasteiger partial charge on any atom is -0.360 e. The van der Waals surface area contributed by atoms with E-state index in [9.17, 15) is 0 Å². The van der Waals surface area contributed by atoms with Gasteiger partial charge in [0.1, 0.15) is 10.0 Å². The van der Waals surface area contributed by atoms with Crippen LogP contribution in [-0.2, 0) is 5.75 Å². The van der Waals surface area contributed by atoms with Crippen molar-refractivity contribution in [1.29, 1.82) is 0 Å². The van der Waals surface area contributed by atoms with Crippen LogP contribution in [0.2, 0.25) is 0 Å². The van der Waals surface area contributed by atoms with Crippen LogP contribution in [0.3, 0.4) is 0 Å². The van der Waals surface area contributed by atoms with Crippen LogP contribution < -0.4 is 5.32 Å². The summed E-state index contributed by atoms with van der Waals surface area (Å²) in [7, 11) is 0. The first-order chi connectivity index (χ1) is 8.29. The Morgan fingerprint density at radius 1 is 1.47 bits per heavy atom. The number of hydrogen-bond donors (Lipinski definition) is 1. The van der Waals surface area contributed by atoms with Gasteiger partial charge in [-0.2, -0.15) is 0 Å². The number of thioether (sulfide) groups is 1. The Balaban J connectivity index is 1.95. The zero-order valence-electron chi connectivity index (χ0n) is 9.18. The largest absolute Gasteiger partial charge is 0.360 e. The molecule has 90 valence electrons. The Morgan fingerprint density at radius 2 is 2.35 bits per heavy atom. The van der Waals surface area contributed by atoms with Crippen LogP contribution in [-0.4, -0.2) is 21.7 Å². The molecule has 2 rings (SSSR count). The Bertz CT molecular complexity index is 489. The van der Waals surface area contributed by atoms with Crippen LogP contribution in [0.1, 0.15) is 11.9 Å². The summed E-state index contributed by atoms with van der Waals surface area (Å²) in [5.74, 6) is 0.790. The smallest absolute Gasteiger partial charge is 0.205 e. The Morgan fingerprint density at radius 3 is 3.12 bits per heavy atom. The second-order valence-electron chi connectivity index (χ2n) is 3.11. The third-order valence-electron chi connectivity index (χ3n) is 1.85. The molecule has 0 spiro atoms.